The van der Waals surface area contributed by atoms with Crippen molar-refractivity contribution in [1.29, 1.82) is 0 Å². The number of morpholine rings is 1. The molecule has 1 aromatic carbocycles. The molecule has 1 amide bonds. The Labute approximate surface area is 159 Å². The highest BCUT2D eigenvalue weighted by Crippen LogP contribution is 2.18. The molecule has 2 atom stereocenters. The molecule has 6 heteroatoms. The van der Waals surface area contributed by atoms with E-state index in [1.807, 2.05) is 48.9 Å². The fourth-order valence-electron chi connectivity index (χ4n) is 3.10. The van der Waals surface area contributed by atoms with Crippen molar-refractivity contribution in [1.82, 2.24) is 10.3 Å². The van der Waals surface area contributed by atoms with E-state index in [-0.39, 0.29) is 18.1 Å². The van der Waals surface area contributed by atoms with Crippen LogP contribution in [-0.4, -0.2) is 42.4 Å². The maximum absolute atomic E-state index is 12.2. The Bertz CT molecular complexity index is 724. The summed E-state index contributed by atoms with van der Waals surface area (Å²) in [4.78, 5) is 20.2. The minimum absolute atomic E-state index is 0.0717. The first kappa shape index (κ1) is 18.7. The minimum Gasteiger partial charge on any atom is -0.372 e. The van der Waals surface area contributed by atoms with Crippen LogP contribution in [0.25, 0.3) is 0 Å². The van der Waals surface area contributed by atoms with Gasteiger partial charge < -0.3 is 15.0 Å². The van der Waals surface area contributed by atoms with Crippen molar-refractivity contribution in [2.75, 3.05) is 24.2 Å². The molecule has 1 aliphatic rings. The number of thioether (sulfide) groups is 1. The number of carbonyl (C=O) groups is 1. The summed E-state index contributed by atoms with van der Waals surface area (Å²) in [5.41, 5.74) is 1.65. The van der Waals surface area contributed by atoms with Crippen molar-refractivity contribution in [2.24, 2.45) is 0 Å². The molecular formula is C20H25N3O2S. The molecule has 2 heterocycles. The van der Waals surface area contributed by atoms with E-state index in [0.29, 0.717) is 12.1 Å². The number of benzene rings is 1. The van der Waals surface area contributed by atoms with Crippen LogP contribution in [0.2, 0.25) is 0 Å². The molecule has 1 aliphatic heterocycles. The maximum atomic E-state index is 12.2. The van der Waals surface area contributed by atoms with Crippen molar-refractivity contribution in [3.05, 3.63) is 53.7 Å². The first-order valence-electron chi connectivity index (χ1n) is 8.82. The third-order valence-corrected chi connectivity index (χ3v) is 5.10. The molecule has 1 fully saturated rings. The molecule has 0 aliphatic carbocycles. The van der Waals surface area contributed by atoms with Crippen molar-refractivity contribution >= 4 is 23.5 Å². The van der Waals surface area contributed by atoms with E-state index in [4.69, 9.17) is 4.74 Å². The summed E-state index contributed by atoms with van der Waals surface area (Å²) < 4.78 is 5.76. The fourth-order valence-corrected chi connectivity index (χ4v) is 3.51. The first-order valence-corrected chi connectivity index (χ1v) is 10.0. The number of pyridine rings is 1. The lowest BCUT2D eigenvalue weighted by molar-refractivity contribution is -0.00546. The molecular weight excluding hydrogens is 346 g/mol. The van der Waals surface area contributed by atoms with Crippen LogP contribution in [-0.2, 0) is 11.3 Å². The molecule has 0 radical (unpaired) electrons. The molecule has 2 aromatic rings. The van der Waals surface area contributed by atoms with Crippen LogP contribution < -0.4 is 10.2 Å². The third kappa shape index (κ3) is 4.77. The van der Waals surface area contributed by atoms with Gasteiger partial charge in [0.15, 0.2) is 0 Å². The SMILES string of the molecule is CSc1ccc(C(=O)NCc2ccc(N3CC(C)OC(C)C3)nc2)cc1. The van der Waals surface area contributed by atoms with Gasteiger partial charge in [-0.25, -0.2) is 4.98 Å². The molecule has 1 saturated heterocycles. The van der Waals surface area contributed by atoms with E-state index in [2.05, 4.69) is 29.0 Å². The Balaban J connectivity index is 1.56. The van der Waals surface area contributed by atoms with Gasteiger partial charge in [-0.2, -0.15) is 0 Å². The zero-order valence-electron chi connectivity index (χ0n) is 15.4. The first-order chi connectivity index (χ1) is 12.5. The Morgan fingerprint density at radius 1 is 1.19 bits per heavy atom. The molecule has 5 nitrogen and oxygen atoms in total. The lowest BCUT2D eigenvalue weighted by Gasteiger charge is -2.36. The lowest BCUT2D eigenvalue weighted by atomic mass is 10.2. The Kier molecular flexibility index (Phi) is 6.16. The summed E-state index contributed by atoms with van der Waals surface area (Å²) in [6.07, 6.45) is 4.26. The van der Waals surface area contributed by atoms with Crippen LogP contribution in [0.5, 0.6) is 0 Å². The Morgan fingerprint density at radius 3 is 2.46 bits per heavy atom. The third-order valence-electron chi connectivity index (χ3n) is 4.36. The van der Waals surface area contributed by atoms with Crippen LogP contribution in [0.4, 0.5) is 5.82 Å². The number of nitrogens with one attached hydrogen (secondary N) is 1. The van der Waals surface area contributed by atoms with E-state index in [1.54, 1.807) is 11.8 Å². The number of carbonyl (C=O) groups excluding carboxylic acids is 1. The highest BCUT2D eigenvalue weighted by Gasteiger charge is 2.22. The summed E-state index contributed by atoms with van der Waals surface area (Å²) in [7, 11) is 0. The molecule has 1 aromatic heterocycles. The predicted molar refractivity (Wildman–Crippen MR) is 106 cm³/mol. The predicted octanol–water partition coefficient (Wildman–Crippen LogP) is 3.35. The molecule has 1 N–H and O–H groups in total. The second kappa shape index (κ2) is 8.56. The number of hydrogen-bond donors (Lipinski definition) is 1. The number of aromatic nitrogens is 1. The Morgan fingerprint density at radius 2 is 1.88 bits per heavy atom. The van der Waals surface area contributed by atoms with Gasteiger partial charge >= 0.3 is 0 Å². The van der Waals surface area contributed by atoms with Gasteiger partial charge in [-0.3, -0.25) is 4.79 Å². The lowest BCUT2D eigenvalue weighted by Crippen LogP contribution is -2.45. The molecule has 0 bridgehead atoms. The molecule has 0 saturated carbocycles. The molecule has 26 heavy (non-hydrogen) atoms. The average molecular weight is 372 g/mol. The smallest absolute Gasteiger partial charge is 0.251 e. The minimum atomic E-state index is -0.0717. The molecule has 0 spiro atoms. The van der Waals surface area contributed by atoms with Crippen LogP contribution in [0.3, 0.4) is 0 Å². The van der Waals surface area contributed by atoms with Crippen LogP contribution in [0, 0.1) is 0 Å². The normalized spacial score (nSPS) is 20.0. The van der Waals surface area contributed by atoms with Gasteiger partial charge in [-0.1, -0.05) is 6.07 Å². The van der Waals surface area contributed by atoms with E-state index >= 15 is 0 Å². The number of hydrogen-bond acceptors (Lipinski definition) is 5. The van der Waals surface area contributed by atoms with Crippen molar-refractivity contribution < 1.29 is 9.53 Å². The zero-order chi connectivity index (χ0) is 18.5. The monoisotopic (exact) mass is 371 g/mol. The number of amides is 1. The largest absolute Gasteiger partial charge is 0.372 e. The zero-order valence-corrected chi connectivity index (χ0v) is 16.3. The molecule has 2 unspecified atom stereocenters. The number of rotatable bonds is 5. The number of ether oxygens (including phenoxy) is 1. The van der Waals surface area contributed by atoms with E-state index < -0.39 is 0 Å². The highest BCUT2D eigenvalue weighted by atomic mass is 32.2. The second-order valence-corrected chi connectivity index (χ2v) is 7.48. The van der Waals surface area contributed by atoms with Gasteiger partial charge in [0.1, 0.15) is 5.82 Å². The van der Waals surface area contributed by atoms with Gasteiger partial charge in [0.05, 0.1) is 12.2 Å². The number of nitrogens with zero attached hydrogens (tertiary/aromatic N) is 2. The Hall–Kier alpha value is -2.05. The second-order valence-electron chi connectivity index (χ2n) is 6.60. The van der Waals surface area contributed by atoms with E-state index in [9.17, 15) is 4.79 Å². The average Bonchev–Trinajstić information content (AvgIpc) is 2.66. The summed E-state index contributed by atoms with van der Waals surface area (Å²) in [6, 6.07) is 11.6. The highest BCUT2D eigenvalue weighted by molar-refractivity contribution is 7.98. The van der Waals surface area contributed by atoms with Gasteiger partial charge in [0.2, 0.25) is 0 Å². The van der Waals surface area contributed by atoms with Gasteiger partial charge in [-0.05, 0) is 56.0 Å². The van der Waals surface area contributed by atoms with Crippen molar-refractivity contribution in [3.8, 4) is 0 Å². The van der Waals surface area contributed by atoms with E-state index in [0.717, 1.165) is 29.4 Å². The maximum Gasteiger partial charge on any atom is 0.251 e. The van der Waals surface area contributed by atoms with Gasteiger partial charge in [-0.15, -0.1) is 11.8 Å². The summed E-state index contributed by atoms with van der Waals surface area (Å²) >= 11 is 1.66. The van der Waals surface area contributed by atoms with Crippen LogP contribution >= 0.6 is 11.8 Å². The number of anilines is 1. The van der Waals surface area contributed by atoms with Gasteiger partial charge in [0, 0.05) is 36.3 Å². The quantitative estimate of drug-likeness (QED) is 0.817. The topological polar surface area (TPSA) is 54.5 Å². The fraction of sp³-hybridized carbons (Fsp3) is 0.400. The van der Waals surface area contributed by atoms with E-state index in [1.165, 1.54) is 0 Å². The summed E-state index contributed by atoms with van der Waals surface area (Å²) in [6.45, 7) is 6.32. The van der Waals surface area contributed by atoms with Crippen molar-refractivity contribution in [3.63, 3.8) is 0 Å². The standard InChI is InChI=1S/C20H25N3O2S/c1-14-12-23(13-15(2)25-14)19-9-4-16(10-21-19)11-22-20(24)17-5-7-18(26-3)8-6-17/h4-10,14-15H,11-13H2,1-3H3,(H,22,24). The molecule has 3 rings (SSSR count). The van der Waals surface area contributed by atoms with Crippen LogP contribution in [0.15, 0.2) is 47.5 Å². The van der Waals surface area contributed by atoms with Crippen molar-refractivity contribution in [2.45, 2.75) is 37.5 Å². The summed E-state index contributed by atoms with van der Waals surface area (Å²) in [5, 5.41) is 2.95. The molecule has 138 valence electrons. The summed E-state index contributed by atoms with van der Waals surface area (Å²) in [5.74, 6) is 0.882. The van der Waals surface area contributed by atoms with Crippen LogP contribution in [0.1, 0.15) is 29.8 Å². The van der Waals surface area contributed by atoms with Gasteiger partial charge in [0.25, 0.3) is 5.91 Å².